The molecular formula is C13H17Cl2NO2S. The first kappa shape index (κ1) is 16.6. The largest absolute Gasteiger partial charge is 0.394 e. The summed E-state index contributed by atoms with van der Waals surface area (Å²) in [7, 11) is 0. The highest BCUT2D eigenvalue weighted by molar-refractivity contribution is 7.99. The minimum absolute atomic E-state index is 0.0909. The lowest BCUT2D eigenvalue weighted by atomic mass is 10.1. The monoisotopic (exact) mass is 321 g/mol. The number of hydrogen-bond acceptors (Lipinski definition) is 3. The van der Waals surface area contributed by atoms with E-state index in [2.05, 4.69) is 5.32 Å². The Morgan fingerprint density at radius 2 is 2.11 bits per heavy atom. The molecule has 0 bridgehead atoms. The predicted molar refractivity (Wildman–Crippen MR) is 81.9 cm³/mol. The maximum Gasteiger partial charge on any atom is 0.230 e. The molecule has 1 aromatic carbocycles. The molecule has 0 atom stereocenters. The lowest BCUT2D eigenvalue weighted by molar-refractivity contribution is -0.120. The summed E-state index contributed by atoms with van der Waals surface area (Å²) in [6, 6.07) is 5.32. The summed E-state index contributed by atoms with van der Waals surface area (Å²) >= 11 is 13.3. The smallest absolute Gasteiger partial charge is 0.230 e. The van der Waals surface area contributed by atoms with E-state index >= 15 is 0 Å². The number of carbonyl (C=O) groups excluding carboxylic acids is 1. The Balaban J connectivity index is 2.40. The first-order valence-electron chi connectivity index (χ1n) is 5.77. The molecule has 106 valence electrons. The number of rotatable bonds is 6. The van der Waals surface area contributed by atoms with Crippen molar-refractivity contribution in [2.75, 3.05) is 12.4 Å². The molecule has 1 rings (SSSR count). The van der Waals surface area contributed by atoms with Gasteiger partial charge < -0.3 is 10.4 Å². The van der Waals surface area contributed by atoms with Crippen molar-refractivity contribution >= 4 is 40.9 Å². The molecule has 0 aliphatic rings. The van der Waals surface area contributed by atoms with E-state index in [9.17, 15) is 4.79 Å². The van der Waals surface area contributed by atoms with E-state index in [1.165, 1.54) is 11.8 Å². The highest BCUT2D eigenvalue weighted by Crippen LogP contribution is 2.24. The summed E-state index contributed by atoms with van der Waals surface area (Å²) in [6.45, 7) is 3.45. The Bertz CT molecular complexity index is 452. The molecule has 6 heteroatoms. The van der Waals surface area contributed by atoms with E-state index in [0.29, 0.717) is 21.6 Å². The first-order valence-corrected chi connectivity index (χ1v) is 7.68. The van der Waals surface area contributed by atoms with Crippen molar-refractivity contribution in [2.45, 2.75) is 25.1 Å². The van der Waals surface area contributed by atoms with Crippen molar-refractivity contribution in [1.82, 2.24) is 5.32 Å². The molecule has 0 saturated heterocycles. The summed E-state index contributed by atoms with van der Waals surface area (Å²) in [5, 5.41) is 13.0. The van der Waals surface area contributed by atoms with Gasteiger partial charge in [0.15, 0.2) is 0 Å². The predicted octanol–water partition coefficient (Wildman–Crippen LogP) is 3.11. The average molecular weight is 322 g/mol. The van der Waals surface area contributed by atoms with Crippen LogP contribution in [0.5, 0.6) is 0 Å². The molecule has 0 spiro atoms. The van der Waals surface area contributed by atoms with Crippen LogP contribution in [0.4, 0.5) is 0 Å². The van der Waals surface area contributed by atoms with E-state index in [-0.39, 0.29) is 12.5 Å². The van der Waals surface area contributed by atoms with Crippen LogP contribution in [0.2, 0.25) is 10.0 Å². The van der Waals surface area contributed by atoms with Crippen LogP contribution in [0.15, 0.2) is 18.2 Å². The van der Waals surface area contributed by atoms with Gasteiger partial charge in [0, 0.05) is 15.8 Å². The van der Waals surface area contributed by atoms with Crippen LogP contribution in [0, 0.1) is 0 Å². The number of halogens is 2. The van der Waals surface area contributed by atoms with Crippen molar-refractivity contribution in [3.63, 3.8) is 0 Å². The number of benzene rings is 1. The second-order valence-corrected chi connectivity index (χ2v) is 6.65. The Morgan fingerprint density at radius 1 is 1.42 bits per heavy atom. The van der Waals surface area contributed by atoms with Gasteiger partial charge in [-0.15, -0.1) is 11.8 Å². The standard InChI is InChI=1S/C13H17Cl2NO2S/c1-13(2,8-17)16-12(18)7-19-6-9-3-4-10(14)5-11(9)15/h3-5,17H,6-8H2,1-2H3,(H,16,18). The van der Waals surface area contributed by atoms with E-state index in [1.54, 1.807) is 26.0 Å². The van der Waals surface area contributed by atoms with Gasteiger partial charge in [-0.1, -0.05) is 29.3 Å². The summed E-state index contributed by atoms with van der Waals surface area (Å²) < 4.78 is 0. The van der Waals surface area contributed by atoms with E-state index < -0.39 is 5.54 Å². The topological polar surface area (TPSA) is 49.3 Å². The molecular weight excluding hydrogens is 305 g/mol. The van der Waals surface area contributed by atoms with Crippen LogP contribution in [0.3, 0.4) is 0 Å². The van der Waals surface area contributed by atoms with Crippen molar-refractivity contribution in [2.24, 2.45) is 0 Å². The maximum atomic E-state index is 11.6. The second-order valence-electron chi connectivity index (χ2n) is 4.82. The number of nitrogens with one attached hydrogen (secondary N) is 1. The minimum Gasteiger partial charge on any atom is -0.394 e. The van der Waals surface area contributed by atoms with Gasteiger partial charge in [0.1, 0.15) is 0 Å². The number of aliphatic hydroxyl groups is 1. The summed E-state index contributed by atoms with van der Waals surface area (Å²) in [6.07, 6.45) is 0. The van der Waals surface area contributed by atoms with Gasteiger partial charge in [-0.3, -0.25) is 4.79 Å². The highest BCUT2D eigenvalue weighted by Gasteiger charge is 2.18. The molecule has 19 heavy (non-hydrogen) atoms. The summed E-state index contributed by atoms with van der Waals surface area (Å²) in [4.78, 5) is 11.6. The zero-order valence-corrected chi connectivity index (χ0v) is 13.2. The molecule has 0 aliphatic carbocycles. The highest BCUT2D eigenvalue weighted by atomic mass is 35.5. The lowest BCUT2D eigenvalue weighted by Gasteiger charge is -2.23. The van der Waals surface area contributed by atoms with Crippen LogP contribution < -0.4 is 5.32 Å². The molecule has 3 nitrogen and oxygen atoms in total. The van der Waals surface area contributed by atoms with Crippen molar-refractivity contribution in [1.29, 1.82) is 0 Å². The van der Waals surface area contributed by atoms with Crippen molar-refractivity contribution < 1.29 is 9.90 Å². The van der Waals surface area contributed by atoms with E-state index in [0.717, 1.165) is 5.56 Å². The molecule has 0 unspecified atom stereocenters. The van der Waals surface area contributed by atoms with Crippen LogP contribution >= 0.6 is 35.0 Å². The van der Waals surface area contributed by atoms with Gasteiger partial charge in [0.2, 0.25) is 5.91 Å². The van der Waals surface area contributed by atoms with Crippen molar-refractivity contribution in [3.8, 4) is 0 Å². The molecule has 1 aromatic rings. The third-order valence-electron chi connectivity index (χ3n) is 2.38. The number of thioether (sulfide) groups is 1. The number of aliphatic hydroxyl groups excluding tert-OH is 1. The summed E-state index contributed by atoms with van der Waals surface area (Å²) in [5.41, 5.74) is 0.362. The number of carbonyl (C=O) groups is 1. The van der Waals surface area contributed by atoms with Crippen LogP contribution in [0.1, 0.15) is 19.4 Å². The SMILES string of the molecule is CC(C)(CO)NC(=O)CSCc1ccc(Cl)cc1Cl. The quantitative estimate of drug-likeness (QED) is 0.846. The Hall–Kier alpha value is -0.420. The molecule has 0 saturated carbocycles. The zero-order valence-electron chi connectivity index (χ0n) is 10.9. The van der Waals surface area contributed by atoms with Crippen LogP contribution in [-0.4, -0.2) is 28.9 Å². The number of hydrogen-bond donors (Lipinski definition) is 2. The molecule has 2 N–H and O–H groups in total. The third-order valence-corrected chi connectivity index (χ3v) is 3.95. The van der Waals surface area contributed by atoms with Crippen LogP contribution in [0.25, 0.3) is 0 Å². The fraction of sp³-hybridized carbons (Fsp3) is 0.462. The van der Waals surface area contributed by atoms with Gasteiger partial charge in [-0.25, -0.2) is 0 Å². The zero-order chi connectivity index (χ0) is 14.5. The molecule has 1 amide bonds. The maximum absolute atomic E-state index is 11.6. The fourth-order valence-electron chi connectivity index (χ4n) is 1.35. The van der Waals surface area contributed by atoms with E-state index in [4.69, 9.17) is 28.3 Å². The molecule has 0 fully saturated rings. The Morgan fingerprint density at radius 3 is 2.68 bits per heavy atom. The molecule has 0 heterocycles. The van der Waals surface area contributed by atoms with Gasteiger partial charge in [0.25, 0.3) is 0 Å². The van der Waals surface area contributed by atoms with Gasteiger partial charge >= 0.3 is 0 Å². The van der Waals surface area contributed by atoms with Gasteiger partial charge in [-0.2, -0.15) is 0 Å². The first-order chi connectivity index (χ1) is 8.84. The Labute approximate surface area is 127 Å². The van der Waals surface area contributed by atoms with E-state index in [1.807, 2.05) is 6.07 Å². The Kier molecular flexibility index (Phi) is 6.47. The van der Waals surface area contributed by atoms with Crippen LogP contribution in [-0.2, 0) is 10.5 Å². The lowest BCUT2D eigenvalue weighted by Crippen LogP contribution is -2.47. The van der Waals surface area contributed by atoms with Crippen molar-refractivity contribution in [3.05, 3.63) is 33.8 Å². The van der Waals surface area contributed by atoms with Gasteiger partial charge in [0.05, 0.1) is 17.9 Å². The average Bonchev–Trinajstić information content (AvgIpc) is 2.31. The second kappa shape index (κ2) is 7.39. The molecule has 0 aromatic heterocycles. The van der Waals surface area contributed by atoms with Gasteiger partial charge in [-0.05, 0) is 31.5 Å². The fourth-order valence-corrected chi connectivity index (χ4v) is 2.73. The normalized spacial score (nSPS) is 11.4. The number of amides is 1. The minimum atomic E-state index is -0.588. The third kappa shape index (κ3) is 6.04. The molecule has 0 aliphatic heterocycles. The molecule has 0 radical (unpaired) electrons. The summed E-state index contributed by atoms with van der Waals surface area (Å²) in [5.74, 6) is 0.861.